The van der Waals surface area contributed by atoms with E-state index in [1.54, 1.807) is 0 Å². The van der Waals surface area contributed by atoms with Gasteiger partial charge in [-0.3, -0.25) is 4.90 Å². The quantitative estimate of drug-likeness (QED) is 0.535. The minimum atomic E-state index is -2.33. The van der Waals surface area contributed by atoms with E-state index in [1.165, 1.54) is 5.75 Å². The van der Waals surface area contributed by atoms with Gasteiger partial charge in [0.15, 0.2) is 5.38 Å². The van der Waals surface area contributed by atoms with Gasteiger partial charge in [-0.1, -0.05) is 0 Å². The Hall–Kier alpha value is 0.407. The summed E-state index contributed by atoms with van der Waals surface area (Å²) in [7, 11) is -1.96. The van der Waals surface area contributed by atoms with Crippen molar-refractivity contribution in [2.75, 3.05) is 56.8 Å². The lowest BCUT2D eigenvalue weighted by Crippen LogP contribution is -2.59. The predicted octanol–water partition coefficient (Wildman–Crippen LogP) is 0.112. The van der Waals surface area contributed by atoms with Crippen LogP contribution in [-0.4, -0.2) is 70.5 Å². The van der Waals surface area contributed by atoms with Gasteiger partial charge in [0.05, 0.1) is 26.1 Å². The van der Waals surface area contributed by atoms with Crippen LogP contribution in [0.15, 0.2) is 0 Å². The summed E-state index contributed by atoms with van der Waals surface area (Å²) in [5.41, 5.74) is 0. The number of fused-ring (bicyclic) bond motifs is 6. The molecule has 16 heavy (non-hydrogen) atoms. The van der Waals surface area contributed by atoms with Crippen molar-refractivity contribution >= 4 is 19.7 Å². The first-order valence-electron chi connectivity index (χ1n) is 5.97. The normalized spacial score (nSPS) is 37.5. The van der Waals surface area contributed by atoms with Crippen molar-refractivity contribution < 1.29 is 13.3 Å². The fourth-order valence-electron chi connectivity index (χ4n) is 1.98. The molecule has 94 valence electrons. The van der Waals surface area contributed by atoms with E-state index in [4.69, 9.17) is 13.3 Å². The van der Waals surface area contributed by atoms with Gasteiger partial charge < -0.3 is 13.3 Å². The smallest absolute Gasteiger partial charge is 0.369 e. The van der Waals surface area contributed by atoms with Crippen molar-refractivity contribution in [3.63, 3.8) is 0 Å². The third-order valence-electron chi connectivity index (χ3n) is 3.10. The van der Waals surface area contributed by atoms with E-state index in [9.17, 15) is 0 Å². The molecular formula is C10H22NO3SSi+. The molecule has 3 saturated heterocycles. The van der Waals surface area contributed by atoms with E-state index in [1.807, 2.05) is 0 Å². The number of nitrogens with zero attached hydrogens (tertiary/aromatic N) is 1. The Bertz CT molecular complexity index is 206. The molecule has 3 heterocycles. The molecule has 0 aromatic carbocycles. The molecule has 0 aliphatic carbocycles. The lowest BCUT2D eigenvalue weighted by molar-refractivity contribution is -0.00452. The summed E-state index contributed by atoms with van der Waals surface area (Å²) >= 11 is 0. The largest absolute Gasteiger partial charge is 0.553 e. The van der Waals surface area contributed by atoms with Crippen LogP contribution in [-0.2, 0) is 24.2 Å². The van der Waals surface area contributed by atoms with Crippen LogP contribution in [0.2, 0.25) is 0 Å². The Kier molecular flexibility index (Phi) is 4.69. The second-order valence-electron chi connectivity index (χ2n) is 4.28. The van der Waals surface area contributed by atoms with E-state index in [-0.39, 0.29) is 0 Å². The zero-order chi connectivity index (χ0) is 11.4. The van der Waals surface area contributed by atoms with E-state index < -0.39 is 8.80 Å². The molecule has 0 spiro atoms. The van der Waals surface area contributed by atoms with Crippen LogP contribution in [0.1, 0.15) is 6.92 Å². The monoisotopic (exact) mass is 264 g/mol. The van der Waals surface area contributed by atoms with E-state index in [0.717, 1.165) is 44.8 Å². The fourth-order valence-corrected chi connectivity index (χ4v) is 7.67. The van der Waals surface area contributed by atoms with E-state index in [0.29, 0.717) is 10.9 Å². The highest BCUT2D eigenvalue weighted by molar-refractivity contribution is 7.97. The minimum absolute atomic E-state index is 0.362. The van der Waals surface area contributed by atoms with Crippen LogP contribution in [0.25, 0.3) is 0 Å². The highest BCUT2D eigenvalue weighted by Gasteiger charge is 2.49. The van der Waals surface area contributed by atoms with Crippen molar-refractivity contribution in [3.05, 3.63) is 0 Å². The van der Waals surface area contributed by atoms with Crippen LogP contribution in [0.3, 0.4) is 0 Å². The topological polar surface area (TPSA) is 30.9 Å². The third kappa shape index (κ3) is 3.21. The zero-order valence-corrected chi connectivity index (χ0v) is 12.1. The lowest BCUT2D eigenvalue weighted by atomic mass is 10.4. The lowest BCUT2D eigenvalue weighted by Gasteiger charge is -2.37. The maximum atomic E-state index is 5.97. The fraction of sp³-hybridized carbons (Fsp3) is 1.00. The molecule has 1 unspecified atom stereocenters. The molecule has 3 rings (SSSR count). The van der Waals surface area contributed by atoms with Gasteiger partial charge in [-0.2, -0.15) is 0 Å². The van der Waals surface area contributed by atoms with Gasteiger partial charge in [-0.15, -0.1) is 0 Å². The first-order chi connectivity index (χ1) is 7.74. The average Bonchev–Trinajstić information content (AvgIpc) is 2.19. The molecule has 3 fully saturated rings. The van der Waals surface area contributed by atoms with Crippen LogP contribution in [0.5, 0.6) is 0 Å². The van der Waals surface area contributed by atoms with E-state index >= 15 is 0 Å². The Balaban J connectivity index is 2.02. The molecule has 2 bridgehead atoms. The number of hydrogen-bond acceptors (Lipinski definition) is 4. The minimum Gasteiger partial charge on any atom is -0.369 e. The van der Waals surface area contributed by atoms with Gasteiger partial charge in [-0.05, 0) is 17.8 Å². The Morgan fingerprint density at radius 1 is 1.06 bits per heavy atom. The second-order valence-corrected chi connectivity index (χ2v) is 9.81. The van der Waals surface area contributed by atoms with Crippen LogP contribution in [0.4, 0.5) is 0 Å². The van der Waals surface area contributed by atoms with Crippen molar-refractivity contribution in [2.24, 2.45) is 0 Å². The second kappa shape index (κ2) is 5.84. The number of hydrogen-bond donors (Lipinski definition) is 0. The summed E-state index contributed by atoms with van der Waals surface area (Å²) in [6.45, 7) is 7.64. The van der Waals surface area contributed by atoms with Crippen LogP contribution < -0.4 is 0 Å². The van der Waals surface area contributed by atoms with Gasteiger partial charge in [0.25, 0.3) is 0 Å². The SMILES string of the molecule is CC[S+](C)C[Si]12OCCN(CCO1)CCO2. The molecule has 3 aliphatic heterocycles. The zero-order valence-electron chi connectivity index (χ0n) is 10.2. The molecule has 0 aromatic rings. The van der Waals surface area contributed by atoms with Gasteiger partial charge >= 0.3 is 8.80 Å². The van der Waals surface area contributed by atoms with Crippen LogP contribution >= 0.6 is 0 Å². The highest BCUT2D eigenvalue weighted by Crippen LogP contribution is 2.18. The van der Waals surface area contributed by atoms with Gasteiger partial charge in [0.2, 0.25) is 0 Å². The third-order valence-corrected chi connectivity index (χ3v) is 9.41. The maximum Gasteiger partial charge on any atom is 0.553 e. The van der Waals surface area contributed by atoms with E-state index in [2.05, 4.69) is 18.1 Å². The molecule has 0 radical (unpaired) electrons. The predicted molar refractivity (Wildman–Crippen MR) is 68.7 cm³/mol. The summed E-state index contributed by atoms with van der Waals surface area (Å²) < 4.78 is 17.9. The summed E-state index contributed by atoms with van der Waals surface area (Å²) in [5, 5.41) is 1.00. The van der Waals surface area contributed by atoms with Crippen molar-refractivity contribution in [3.8, 4) is 0 Å². The van der Waals surface area contributed by atoms with Gasteiger partial charge in [0, 0.05) is 19.6 Å². The first kappa shape index (κ1) is 12.9. The molecule has 6 heteroatoms. The molecule has 0 aromatic heterocycles. The van der Waals surface area contributed by atoms with Gasteiger partial charge in [0.1, 0.15) is 5.75 Å². The molecule has 0 N–H and O–H groups in total. The maximum absolute atomic E-state index is 5.97. The Labute approximate surface area is 102 Å². The van der Waals surface area contributed by atoms with Gasteiger partial charge in [-0.25, -0.2) is 0 Å². The molecule has 3 aliphatic rings. The number of rotatable bonds is 3. The molecular weight excluding hydrogens is 242 g/mol. The highest BCUT2D eigenvalue weighted by atomic mass is 32.2. The molecule has 0 saturated carbocycles. The summed E-state index contributed by atoms with van der Waals surface area (Å²) in [5.74, 6) is 1.19. The van der Waals surface area contributed by atoms with Crippen molar-refractivity contribution in [1.29, 1.82) is 0 Å². The Morgan fingerprint density at radius 3 is 2.00 bits per heavy atom. The molecule has 0 amide bonds. The van der Waals surface area contributed by atoms with Crippen molar-refractivity contribution in [2.45, 2.75) is 6.92 Å². The summed E-state index contributed by atoms with van der Waals surface area (Å²) in [6, 6.07) is 0. The molecule has 1 atom stereocenters. The van der Waals surface area contributed by atoms with Crippen LogP contribution in [0, 0.1) is 0 Å². The Morgan fingerprint density at radius 2 is 1.56 bits per heavy atom. The summed E-state index contributed by atoms with van der Waals surface area (Å²) in [4.78, 5) is 2.35. The standard InChI is InChI=1S/C10H22NO3SSi/c1-3-15(2)10-16-12-7-4-11(5-8-13-16)6-9-14-16/h3-10H2,1-2H3/q+1. The summed E-state index contributed by atoms with van der Waals surface area (Å²) in [6.07, 6.45) is 2.28. The molecule has 4 nitrogen and oxygen atoms in total. The average molecular weight is 264 g/mol. The first-order valence-corrected chi connectivity index (χ1v) is 9.88. The van der Waals surface area contributed by atoms with Crippen molar-refractivity contribution in [1.82, 2.24) is 4.90 Å².